The van der Waals surface area contributed by atoms with Gasteiger partial charge in [-0.25, -0.2) is 9.97 Å². The van der Waals surface area contributed by atoms with E-state index in [0.29, 0.717) is 0 Å². The van der Waals surface area contributed by atoms with Gasteiger partial charge in [0.15, 0.2) is 5.82 Å². The number of halogens is 1. The molecule has 1 aromatic carbocycles. The van der Waals surface area contributed by atoms with Crippen molar-refractivity contribution in [3.63, 3.8) is 0 Å². The minimum Gasteiger partial charge on any atom is -0.233 e. The Balaban J connectivity index is 2.44. The highest BCUT2D eigenvalue weighted by atomic mass is 79.9. The smallest absolute Gasteiger partial charge is 0.160 e. The fraction of sp³-hybridized carbons (Fsp3) is 0.0909. The molecule has 3 heteroatoms. The monoisotopic (exact) mass is 247 g/mol. The number of hydrogen-bond donors (Lipinski definition) is 0. The molecule has 2 rings (SSSR count). The summed E-state index contributed by atoms with van der Waals surface area (Å²) in [6.45, 7) is 1.93. The summed E-state index contributed by atoms with van der Waals surface area (Å²) in [4.78, 5) is 8.40. The number of aryl methyl sites for hydroxylation is 1. The van der Waals surface area contributed by atoms with Crippen molar-refractivity contribution in [3.05, 3.63) is 46.7 Å². The van der Waals surface area contributed by atoms with Crippen LogP contribution in [-0.2, 0) is 0 Å². The first kappa shape index (κ1) is 9.34. The lowest BCUT2D eigenvalue weighted by Gasteiger charge is -1.99. The molecule has 69 valence electrons. The first-order valence-corrected chi connectivity index (χ1v) is 5.03. The largest absolute Gasteiger partial charge is 0.233 e. The fourth-order valence-electron chi connectivity index (χ4n) is 1.14. The van der Waals surface area contributed by atoms with Gasteiger partial charge in [0.1, 0.15) is 0 Å². The van der Waals surface area contributed by atoms with Crippen LogP contribution in [0.3, 0.4) is 0 Å². The Kier molecular flexibility index (Phi) is 2.59. The van der Waals surface area contributed by atoms with Crippen LogP contribution >= 0.6 is 15.9 Å². The van der Waals surface area contributed by atoms with Crippen molar-refractivity contribution in [2.45, 2.75) is 6.92 Å². The summed E-state index contributed by atoms with van der Waals surface area (Å²) in [5, 5.41) is 0. The molecule has 0 saturated heterocycles. The molecule has 0 amide bonds. The van der Waals surface area contributed by atoms with Crippen molar-refractivity contribution in [2.24, 2.45) is 0 Å². The molecule has 1 radical (unpaired) electrons. The molecule has 2 nitrogen and oxygen atoms in total. The maximum Gasteiger partial charge on any atom is 0.160 e. The van der Waals surface area contributed by atoms with Gasteiger partial charge in [-0.2, -0.15) is 0 Å². The molecule has 0 bridgehead atoms. The molecular formula is C11H8BrN2. The topological polar surface area (TPSA) is 25.8 Å². The summed E-state index contributed by atoms with van der Waals surface area (Å²) < 4.78 is 1.05. The first-order valence-electron chi connectivity index (χ1n) is 4.23. The third-order valence-corrected chi connectivity index (χ3v) is 2.36. The van der Waals surface area contributed by atoms with Crippen LogP contribution < -0.4 is 0 Å². The highest BCUT2D eigenvalue weighted by Crippen LogP contribution is 2.17. The summed E-state index contributed by atoms with van der Waals surface area (Å²) in [6, 6.07) is 9.67. The quantitative estimate of drug-likeness (QED) is 0.775. The van der Waals surface area contributed by atoms with Crippen LogP contribution in [0, 0.1) is 13.1 Å². The zero-order valence-corrected chi connectivity index (χ0v) is 9.25. The van der Waals surface area contributed by atoms with E-state index in [4.69, 9.17) is 0 Å². The normalized spacial score (nSPS) is 10.1. The molecular weight excluding hydrogens is 240 g/mol. The van der Waals surface area contributed by atoms with E-state index in [9.17, 15) is 0 Å². The Hall–Kier alpha value is -1.22. The van der Waals surface area contributed by atoms with Crippen LogP contribution in [0.15, 0.2) is 34.8 Å². The zero-order chi connectivity index (χ0) is 9.97. The molecule has 0 fully saturated rings. The fourth-order valence-corrected chi connectivity index (χ4v) is 1.40. The summed E-state index contributed by atoms with van der Waals surface area (Å²) in [6.07, 6.45) is 2.82. The lowest BCUT2D eigenvalue weighted by molar-refractivity contribution is 1.10. The molecule has 0 spiro atoms. The molecule has 1 heterocycles. The molecule has 0 atom stereocenters. The van der Waals surface area contributed by atoms with Crippen molar-refractivity contribution in [1.82, 2.24) is 9.97 Å². The molecule has 0 aliphatic rings. The summed E-state index contributed by atoms with van der Waals surface area (Å²) >= 11 is 3.38. The van der Waals surface area contributed by atoms with Crippen molar-refractivity contribution in [3.8, 4) is 11.4 Å². The Bertz CT molecular complexity index is 437. The lowest BCUT2D eigenvalue weighted by atomic mass is 10.2. The standard InChI is InChI=1S/C11H8BrN2/c1-8-6-7-13-11(14-8)9-2-4-10(12)5-3-9/h2-6H,1H3. The number of nitrogens with zero attached hydrogens (tertiary/aromatic N) is 2. The maximum absolute atomic E-state index is 4.32. The van der Waals surface area contributed by atoms with Crippen LogP contribution in [0.4, 0.5) is 0 Å². The first-order chi connectivity index (χ1) is 6.75. The van der Waals surface area contributed by atoms with E-state index in [1.807, 2.05) is 31.2 Å². The van der Waals surface area contributed by atoms with Crippen molar-refractivity contribution < 1.29 is 0 Å². The third kappa shape index (κ3) is 1.99. The Morgan fingerprint density at radius 2 is 1.93 bits per heavy atom. The molecule has 1 aromatic heterocycles. The van der Waals surface area contributed by atoms with Crippen molar-refractivity contribution in [1.29, 1.82) is 0 Å². The summed E-state index contributed by atoms with van der Waals surface area (Å²) in [5.41, 5.74) is 1.94. The number of benzene rings is 1. The molecule has 0 unspecified atom stereocenters. The van der Waals surface area contributed by atoms with Crippen LogP contribution in [0.2, 0.25) is 0 Å². The predicted octanol–water partition coefficient (Wildman–Crippen LogP) is 3.01. The second-order valence-corrected chi connectivity index (χ2v) is 3.88. The van der Waals surface area contributed by atoms with Gasteiger partial charge in [0.2, 0.25) is 0 Å². The van der Waals surface area contributed by atoms with E-state index in [1.54, 1.807) is 6.07 Å². The average Bonchev–Trinajstić information content (AvgIpc) is 2.19. The second-order valence-electron chi connectivity index (χ2n) is 2.97. The highest BCUT2D eigenvalue weighted by Gasteiger charge is 2.00. The SMILES string of the molecule is Cc1c[c]nc(-c2ccc(Br)cc2)n1. The highest BCUT2D eigenvalue weighted by molar-refractivity contribution is 9.10. The molecule has 14 heavy (non-hydrogen) atoms. The zero-order valence-electron chi connectivity index (χ0n) is 7.66. The van der Waals surface area contributed by atoms with Crippen LogP contribution in [0.25, 0.3) is 11.4 Å². The Morgan fingerprint density at radius 1 is 1.21 bits per heavy atom. The van der Waals surface area contributed by atoms with Gasteiger partial charge in [0.05, 0.1) is 6.20 Å². The van der Waals surface area contributed by atoms with Gasteiger partial charge in [-0.05, 0) is 25.1 Å². The van der Waals surface area contributed by atoms with Crippen LogP contribution in [-0.4, -0.2) is 9.97 Å². The van der Waals surface area contributed by atoms with E-state index < -0.39 is 0 Å². The summed E-state index contributed by atoms with van der Waals surface area (Å²) in [7, 11) is 0. The van der Waals surface area contributed by atoms with Gasteiger partial charge < -0.3 is 0 Å². The van der Waals surface area contributed by atoms with E-state index in [0.717, 1.165) is 21.6 Å². The summed E-state index contributed by atoms with van der Waals surface area (Å²) in [5.74, 6) is 0.720. The minimum atomic E-state index is 0.720. The van der Waals surface area contributed by atoms with E-state index in [-0.39, 0.29) is 0 Å². The minimum absolute atomic E-state index is 0.720. The molecule has 0 saturated carbocycles. The molecule has 0 aliphatic carbocycles. The van der Waals surface area contributed by atoms with Gasteiger partial charge in [0.25, 0.3) is 0 Å². The third-order valence-electron chi connectivity index (χ3n) is 1.83. The average molecular weight is 248 g/mol. The van der Waals surface area contributed by atoms with E-state index in [2.05, 4.69) is 32.1 Å². The Labute approximate surface area is 91.2 Å². The lowest BCUT2D eigenvalue weighted by Crippen LogP contribution is -1.90. The van der Waals surface area contributed by atoms with E-state index >= 15 is 0 Å². The maximum atomic E-state index is 4.32. The Morgan fingerprint density at radius 3 is 2.57 bits per heavy atom. The van der Waals surface area contributed by atoms with Crippen molar-refractivity contribution in [2.75, 3.05) is 0 Å². The van der Waals surface area contributed by atoms with Crippen LogP contribution in [0.5, 0.6) is 0 Å². The molecule has 0 N–H and O–H groups in total. The number of rotatable bonds is 1. The van der Waals surface area contributed by atoms with Gasteiger partial charge in [0, 0.05) is 15.7 Å². The predicted molar refractivity (Wildman–Crippen MR) is 58.7 cm³/mol. The van der Waals surface area contributed by atoms with Crippen LogP contribution in [0.1, 0.15) is 5.69 Å². The molecule has 2 aromatic rings. The second kappa shape index (κ2) is 3.88. The van der Waals surface area contributed by atoms with Gasteiger partial charge in [-0.1, -0.05) is 28.1 Å². The van der Waals surface area contributed by atoms with Gasteiger partial charge in [-0.15, -0.1) is 0 Å². The number of hydrogen-bond acceptors (Lipinski definition) is 2. The van der Waals surface area contributed by atoms with Crippen molar-refractivity contribution >= 4 is 15.9 Å². The number of aromatic nitrogens is 2. The molecule has 0 aliphatic heterocycles. The van der Waals surface area contributed by atoms with Gasteiger partial charge in [-0.3, -0.25) is 0 Å². The van der Waals surface area contributed by atoms with Gasteiger partial charge >= 0.3 is 0 Å². The van der Waals surface area contributed by atoms with E-state index in [1.165, 1.54) is 0 Å².